The van der Waals surface area contributed by atoms with Gasteiger partial charge in [-0.3, -0.25) is 9.78 Å². The van der Waals surface area contributed by atoms with Gasteiger partial charge >= 0.3 is 0 Å². The molecule has 2 aromatic rings. The molecule has 5 heteroatoms. The molecule has 1 aromatic heterocycles. The summed E-state index contributed by atoms with van der Waals surface area (Å²) in [6, 6.07) is 7.13. The second kappa shape index (κ2) is 5.77. The van der Waals surface area contributed by atoms with Crippen LogP contribution in [0.3, 0.4) is 0 Å². The van der Waals surface area contributed by atoms with Crippen molar-refractivity contribution in [2.24, 2.45) is 0 Å². The SMILES string of the molecule is CCC(=O)Nc1cccc(Oc2cnccn2)c1. The van der Waals surface area contributed by atoms with Gasteiger partial charge in [0.05, 0.1) is 6.20 Å². The van der Waals surface area contributed by atoms with Gasteiger partial charge in [-0.05, 0) is 12.1 Å². The third-order valence-electron chi connectivity index (χ3n) is 2.20. The van der Waals surface area contributed by atoms with E-state index >= 15 is 0 Å². The minimum Gasteiger partial charge on any atom is -0.437 e. The first-order valence-electron chi connectivity index (χ1n) is 5.61. The second-order valence-electron chi connectivity index (χ2n) is 3.58. The zero-order valence-corrected chi connectivity index (χ0v) is 9.96. The van der Waals surface area contributed by atoms with Crippen LogP contribution >= 0.6 is 0 Å². The molecule has 1 N–H and O–H groups in total. The van der Waals surface area contributed by atoms with Crippen molar-refractivity contribution in [1.29, 1.82) is 0 Å². The average molecular weight is 243 g/mol. The maximum atomic E-state index is 11.3. The molecular weight excluding hydrogens is 230 g/mol. The highest BCUT2D eigenvalue weighted by Crippen LogP contribution is 2.21. The Kier molecular flexibility index (Phi) is 3.86. The fourth-order valence-electron chi connectivity index (χ4n) is 1.35. The van der Waals surface area contributed by atoms with E-state index in [2.05, 4.69) is 15.3 Å². The smallest absolute Gasteiger partial charge is 0.237 e. The number of benzene rings is 1. The van der Waals surface area contributed by atoms with Gasteiger partial charge in [-0.2, -0.15) is 0 Å². The van der Waals surface area contributed by atoms with Crippen molar-refractivity contribution < 1.29 is 9.53 Å². The number of nitrogens with zero attached hydrogens (tertiary/aromatic N) is 2. The lowest BCUT2D eigenvalue weighted by molar-refractivity contribution is -0.115. The van der Waals surface area contributed by atoms with Crippen molar-refractivity contribution in [1.82, 2.24) is 9.97 Å². The molecule has 0 spiro atoms. The monoisotopic (exact) mass is 243 g/mol. The van der Waals surface area contributed by atoms with Gasteiger partial charge in [0, 0.05) is 30.6 Å². The van der Waals surface area contributed by atoms with Crippen LogP contribution in [0.5, 0.6) is 11.6 Å². The summed E-state index contributed by atoms with van der Waals surface area (Å²) in [4.78, 5) is 19.2. The van der Waals surface area contributed by atoms with Crippen molar-refractivity contribution in [3.63, 3.8) is 0 Å². The Morgan fingerprint density at radius 3 is 3.00 bits per heavy atom. The van der Waals surface area contributed by atoms with Crippen molar-refractivity contribution in [3.05, 3.63) is 42.9 Å². The molecule has 0 bridgehead atoms. The molecule has 0 unspecified atom stereocenters. The summed E-state index contributed by atoms with van der Waals surface area (Å²) < 4.78 is 5.51. The van der Waals surface area contributed by atoms with Crippen molar-refractivity contribution in [2.45, 2.75) is 13.3 Å². The third-order valence-corrected chi connectivity index (χ3v) is 2.20. The summed E-state index contributed by atoms with van der Waals surface area (Å²) in [5, 5.41) is 2.76. The number of nitrogens with one attached hydrogen (secondary N) is 1. The van der Waals surface area contributed by atoms with E-state index in [0.29, 0.717) is 23.7 Å². The maximum absolute atomic E-state index is 11.3. The number of rotatable bonds is 4. The van der Waals surface area contributed by atoms with E-state index in [1.807, 2.05) is 0 Å². The molecule has 1 aromatic carbocycles. The van der Waals surface area contributed by atoms with Gasteiger partial charge < -0.3 is 10.1 Å². The van der Waals surface area contributed by atoms with E-state index in [-0.39, 0.29) is 5.91 Å². The molecule has 0 radical (unpaired) electrons. The van der Waals surface area contributed by atoms with Crippen LogP contribution in [0.25, 0.3) is 0 Å². The van der Waals surface area contributed by atoms with Gasteiger partial charge in [0.25, 0.3) is 0 Å². The molecule has 0 aliphatic carbocycles. The molecule has 18 heavy (non-hydrogen) atoms. The number of carbonyl (C=O) groups excluding carboxylic acids is 1. The molecule has 2 rings (SSSR count). The first-order valence-corrected chi connectivity index (χ1v) is 5.61. The summed E-state index contributed by atoms with van der Waals surface area (Å²) in [6.07, 6.45) is 5.09. The average Bonchev–Trinajstić information content (AvgIpc) is 2.40. The lowest BCUT2D eigenvalue weighted by atomic mass is 10.3. The Labute approximate surface area is 105 Å². The Balaban J connectivity index is 2.10. The van der Waals surface area contributed by atoms with Crippen LogP contribution in [-0.2, 0) is 4.79 Å². The number of aromatic nitrogens is 2. The number of hydrogen-bond acceptors (Lipinski definition) is 4. The van der Waals surface area contributed by atoms with Gasteiger partial charge in [0.15, 0.2) is 0 Å². The summed E-state index contributed by atoms with van der Waals surface area (Å²) >= 11 is 0. The molecule has 0 atom stereocenters. The Bertz CT molecular complexity index is 529. The van der Waals surface area contributed by atoms with Crippen molar-refractivity contribution >= 4 is 11.6 Å². The molecule has 5 nitrogen and oxygen atoms in total. The van der Waals surface area contributed by atoms with E-state index in [1.54, 1.807) is 43.6 Å². The number of amides is 1. The normalized spacial score (nSPS) is 9.83. The molecule has 0 saturated heterocycles. The molecule has 92 valence electrons. The number of carbonyl (C=O) groups is 1. The minimum absolute atomic E-state index is 0.0355. The Morgan fingerprint density at radius 1 is 1.39 bits per heavy atom. The van der Waals surface area contributed by atoms with E-state index in [9.17, 15) is 4.79 Å². The van der Waals surface area contributed by atoms with E-state index in [4.69, 9.17) is 4.74 Å². The van der Waals surface area contributed by atoms with Crippen LogP contribution < -0.4 is 10.1 Å². The van der Waals surface area contributed by atoms with Crippen molar-refractivity contribution in [2.75, 3.05) is 5.32 Å². The van der Waals surface area contributed by atoms with Gasteiger partial charge in [0.1, 0.15) is 5.75 Å². The highest BCUT2D eigenvalue weighted by atomic mass is 16.5. The van der Waals surface area contributed by atoms with Crippen LogP contribution in [0.4, 0.5) is 5.69 Å². The quantitative estimate of drug-likeness (QED) is 0.896. The fourth-order valence-corrected chi connectivity index (χ4v) is 1.35. The minimum atomic E-state index is -0.0355. The maximum Gasteiger partial charge on any atom is 0.237 e. The zero-order valence-electron chi connectivity index (χ0n) is 9.96. The molecule has 0 fully saturated rings. The van der Waals surface area contributed by atoms with Gasteiger partial charge in [-0.25, -0.2) is 4.98 Å². The second-order valence-corrected chi connectivity index (χ2v) is 3.58. The topological polar surface area (TPSA) is 64.1 Å². The zero-order chi connectivity index (χ0) is 12.8. The predicted octanol–water partition coefficient (Wildman–Crippen LogP) is 2.62. The molecule has 0 aliphatic rings. The highest BCUT2D eigenvalue weighted by molar-refractivity contribution is 5.90. The first-order chi connectivity index (χ1) is 8.78. The summed E-state index contributed by atoms with van der Waals surface area (Å²) in [7, 11) is 0. The van der Waals surface area contributed by atoms with E-state index in [0.717, 1.165) is 0 Å². The van der Waals surface area contributed by atoms with E-state index < -0.39 is 0 Å². The molecule has 0 saturated carbocycles. The largest absolute Gasteiger partial charge is 0.437 e. The van der Waals surface area contributed by atoms with Crippen LogP contribution in [0, 0.1) is 0 Å². The Morgan fingerprint density at radius 2 is 2.28 bits per heavy atom. The summed E-state index contributed by atoms with van der Waals surface area (Å²) in [5.41, 5.74) is 0.697. The number of ether oxygens (including phenoxy) is 1. The van der Waals surface area contributed by atoms with E-state index in [1.165, 1.54) is 6.20 Å². The van der Waals surface area contributed by atoms with Gasteiger partial charge in [-0.15, -0.1) is 0 Å². The number of hydrogen-bond donors (Lipinski definition) is 1. The lowest BCUT2D eigenvalue weighted by Gasteiger charge is -2.07. The lowest BCUT2D eigenvalue weighted by Crippen LogP contribution is -2.09. The molecule has 0 aliphatic heterocycles. The van der Waals surface area contributed by atoms with Crippen LogP contribution in [0.2, 0.25) is 0 Å². The molecule has 1 amide bonds. The predicted molar refractivity (Wildman–Crippen MR) is 67.5 cm³/mol. The van der Waals surface area contributed by atoms with Crippen LogP contribution in [-0.4, -0.2) is 15.9 Å². The molecular formula is C13H13N3O2. The van der Waals surface area contributed by atoms with Gasteiger partial charge in [-0.1, -0.05) is 13.0 Å². The summed E-state index contributed by atoms with van der Waals surface area (Å²) in [5.74, 6) is 0.979. The third kappa shape index (κ3) is 3.28. The van der Waals surface area contributed by atoms with Crippen molar-refractivity contribution in [3.8, 4) is 11.6 Å². The number of anilines is 1. The highest BCUT2D eigenvalue weighted by Gasteiger charge is 2.02. The first kappa shape index (κ1) is 12.0. The summed E-state index contributed by atoms with van der Waals surface area (Å²) in [6.45, 7) is 1.80. The van der Waals surface area contributed by atoms with Crippen LogP contribution in [0.15, 0.2) is 42.9 Å². The van der Waals surface area contributed by atoms with Gasteiger partial charge in [0.2, 0.25) is 11.8 Å². The molecule has 1 heterocycles. The van der Waals surface area contributed by atoms with Crippen LogP contribution in [0.1, 0.15) is 13.3 Å². The fraction of sp³-hybridized carbons (Fsp3) is 0.154. The Hall–Kier alpha value is -2.43. The standard InChI is InChI=1S/C13H13N3O2/c1-2-12(17)16-10-4-3-5-11(8-10)18-13-9-14-6-7-15-13/h3-9H,2H2,1H3,(H,16,17).